The van der Waals surface area contributed by atoms with Crippen LogP contribution in [0.4, 0.5) is 5.69 Å². The predicted molar refractivity (Wildman–Crippen MR) is 255 cm³/mol. The Morgan fingerprint density at radius 3 is 1.59 bits per heavy atom. The first-order chi connectivity index (χ1) is 28.3. The maximum Gasteiger partial charge on any atom is 0.345 e. The number of hydrogen-bond acceptors (Lipinski definition) is 5. The molecule has 0 unspecified atom stereocenters. The van der Waals surface area contributed by atoms with Crippen LogP contribution in [0.1, 0.15) is 66.5 Å². The van der Waals surface area contributed by atoms with Crippen molar-refractivity contribution < 1.29 is 4.42 Å². The van der Waals surface area contributed by atoms with Crippen LogP contribution >= 0.6 is 22.7 Å². The van der Waals surface area contributed by atoms with E-state index in [-0.39, 0.29) is 16.5 Å². The van der Waals surface area contributed by atoms with Gasteiger partial charge < -0.3 is 13.9 Å². The number of hydrogen-bond donors (Lipinski definition) is 0. The van der Waals surface area contributed by atoms with E-state index in [1.807, 2.05) is 18.2 Å². The van der Waals surface area contributed by atoms with Gasteiger partial charge in [0.25, 0.3) is 0 Å². The second kappa shape index (κ2) is 14.8. The molecule has 4 aromatic heterocycles. The van der Waals surface area contributed by atoms with E-state index in [0.29, 0.717) is 11.1 Å². The van der Waals surface area contributed by atoms with E-state index in [1.165, 1.54) is 55.2 Å². The number of benzene rings is 5. The van der Waals surface area contributed by atoms with Gasteiger partial charge in [0.2, 0.25) is 0 Å². The molecule has 0 aliphatic heterocycles. The molecular weight excluding hydrogens is 761 g/mol. The van der Waals surface area contributed by atoms with Crippen molar-refractivity contribution in [1.29, 1.82) is 0 Å². The van der Waals surface area contributed by atoms with Crippen molar-refractivity contribution in [2.24, 2.45) is 0 Å². The van der Waals surface area contributed by atoms with Gasteiger partial charge in [-0.2, -0.15) is 0 Å². The first-order valence-electron chi connectivity index (χ1n) is 20.6. The Morgan fingerprint density at radius 1 is 0.542 bits per heavy atom. The van der Waals surface area contributed by atoms with Gasteiger partial charge in [0.15, 0.2) is 0 Å². The molecule has 0 spiro atoms. The maximum absolute atomic E-state index is 13.4. The van der Waals surface area contributed by atoms with Crippen LogP contribution in [0, 0.1) is 0 Å². The molecule has 0 saturated heterocycles. The molecular formula is C53H50N2O2S2. The van der Waals surface area contributed by atoms with Gasteiger partial charge in [0.1, 0.15) is 10.6 Å². The highest BCUT2D eigenvalue weighted by Crippen LogP contribution is 2.43. The normalized spacial score (nSPS) is 12.3. The Labute approximate surface area is 355 Å². The lowest BCUT2D eigenvalue weighted by Gasteiger charge is -2.20. The molecule has 0 aliphatic rings. The molecule has 59 heavy (non-hydrogen) atoms. The van der Waals surface area contributed by atoms with E-state index in [0.717, 1.165) is 43.8 Å². The number of thiophene rings is 2. The van der Waals surface area contributed by atoms with E-state index in [1.54, 1.807) is 22.7 Å². The third-order valence-electron chi connectivity index (χ3n) is 11.7. The number of fused-ring (bicyclic) bond motifs is 4. The summed E-state index contributed by atoms with van der Waals surface area (Å²) in [5.41, 5.74) is 12.0. The van der Waals surface area contributed by atoms with E-state index in [9.17, 15) is 4.79 Å². The van der Waals surface area contributed by atoms with Crippen LogP contribution in [0.5, 0.6) is 0 Å². The molecule has 0 amide bonds. The van der Waals surface area contributed by atoms with Gasteiger partial charge in [0, 0.05) is 55.6 Å². The number of rotatable bonds is 8. The molecule has 0 fully saturated rings. The van der Waals surface area contributed by atoms with Crippen molar-refractivity contribution in [3.05, 3.63) is 155 Å². The fourth-order valence-corrected chi connectivity index (χ4v) is 10.3. The van der Waals surface area contributed by atoms with E-state index in [4.69, 9.17) is 4.42 Å². The Kier molecular flexibility index (Phi) is 9.77. The first-order valence-corrected chi connectivity index (χ1v) is 22.3. The van der Waals surface area contributed by atoms with E-state index >= 15 is 0 Å². The first kappa shape index (κ1) is 38.8. The van der Waals surface area contributed by atoms with Crippen molar-refractivity contribution >= 4 is 61.1 Å². The summed E-state index contributed by atoms with van der Waals surface area (Å²) in [4.78, 5) is 18.8. The van der Waals surface area contributed by atoms with Crippen LogP contribution in [0.15, 0.2) is 143 Å². The third-order valence-corrected chi connectivity index (χ3v) is 14.1. The molecule has 5 aromatic carbocycles. The summed E-state index contributed by atoms with van der Waals surface area (Å²) in [6, 6.07) is 48.6. The summed E-state index contributed by atoms with van der Waals surface area (Å²) in [6.07, 6.45) is 0. The molecule has 0 bridgehead atoms. The van der Waals surface area contributed by atoms with Gasteiger partial charge in [0.05, 0.1) is 16.6 Å². The highest BCUT2D eigenvalue weighted by Gasteiger charge is 2.20. The van der Waals surface area contributed by atoms with Crippen LogP contribution in [0.2, 0.25) is 0 Å². The second-order valence-corrected chi connectivity index (χ2v) is 19.7. The average Bonchev–Trinajstić information content (AvgIpc) is 3.98. The van der Waals surface area contributed by atoms with Crippen molar-refractivity contribution in [2.75, 3.05) is 18.0 Å². The molecule has 0 atom stereocenters. The maximum atomic E-state index is 13.4. The highest BCUT2D eigenvalue weighted by atomic mass is 32.1. The minimum Gasteiger partial charge on any atom is -0.422 e. The zero-order chi connectivity index (χ0) is 41.2. The zero-order valence-electron chi connectivity index (χ0n) is 35.1. The van der Waals surface area contributed by atoms with Crippen LogP contribution < -0.4 is 10.5 Å². The highest BCUT2D eigenvalue weighted by molar-refractivity contribution is 7.24. The van der Waals surface area contributed by atoms with Crippen LogP contribution in [0.3, 0.4) is 0 Å². The van der Waals surface area contributed by atoms with Gasteiger partial charge in [-0.25, -0.2) is 4.79 Å². The third kappa shape index (κ3) is 7.23. The molecule has 0 saturated carbocycles. The lowest BCUT2D eigenvalue weighted by Crippen LogP contribution is -2.21. The summed E-state index contributed by atoms with van der Waals surface area (Å²) in [5, 5.41) is 4.52. The largest absolute Gasteiger partial charge is 0.422 e. The summed E-state index contributed by atoms with van der Waals surface area (Å²) >= 11 is 3.40. The molecule has 4 nitrogen and oxygen atoms in total. The minimum atomic E-state index is -0.311. The molecule has 0 radical (unpaired) electrons. The fourth-order valence-electron chi connectivity index (χ4n) is 8.20. The second-order valence-electron chi connectivity index (χ2n) is 17.6. The Balaban J connectivity index is 1.11. The Morgan fingerprint density at radius 2 is 1.05 bits per heavy atom. The Hall–Kier alpha value is -5.69. The van der Waals surface area contributed by atoms with Crippen molar-refractivity contribution in [3.63, 3.8) is 0 Å². The predicted octanol–water partition coefficient (Wildman–Crippen LogP) is 15.1. The molecule has 0 aliphatic carbocycles. The lowest BCUT2D eigenvalue weighted by molar-refractivity contribution is 0.563. The monoisotopic (exact) mass is 810 g/mol. The lowest BCUT2D eigenvalue weighted by atomic mass is 9.86. The van der Waals surface area contributed by atoms with E-state index in [2.05, 4.69) is 180 Å². The van der Waals surface area contributed by atoms with Gasteiger partial charge in [-0.3, -0.25) is 0 Å². The quantitative estimate of drug-likeness (QED) is 0.144. The van der Waals surface area contributed by atoms with Crippen LogP contribution in [-0.2, 0) is 10.8 Å². The molecule has 0 N–H and O–H groups in total. The van der Waals surface area contributed by atoms with Gasteiger partial charge in [-0.05, 0) is 125 Å². The molecule has 4 heterocycles. The summed E-state index contributed by atoms with van der Waals surface area (Å²) in [7, 11) is 0. The number of nitrogens with zero attached hydrogens (tertiary/aromatic N) is 2. The average molecular weight is 811 g/mol. The molecule has 9 aromatic rings. The van der Waals surface area contributed by atoms with E-state index < -0.39 is 0 Å². The van der Waals surface area contributed by atoms with Crippen LogP contribution in [0.25, 0.3) is 80.2 Å². The zero-order valence-corrected chi connectivity index (χ0v) is 36.8. The fraction of sp³-hybridized carbons (Fsp3) is 0.226. The molecule has 6 heteroatoms. The molecule has 9 rings (SSSR count). The summed E-state index contributed by atoms with van der Waals surface area (Å²) in [5.74, 6) is 0. The SMILES string of the molecule is CCN(CC)c1ccc2cc(-c3ccc(-c4ccc(-n5c6ccc(-c7ccc(C(C)(C)C)cc7)cc6c6cc(-c7ccc(C(C)(C)C)cc7)ccc65)s4)s3)c(=O)oc2c1. The number of anilines is 1. The smallest absolute Gasteiger partial charge is 0.345 e. The molecule has 296 valence electrons. The Bertz CT molecular complexity index is 2930. The van der Waals surface area contributed by atoms with Crippen molar-refractivity contribution in [2.45, 2.75) is 66.2 Å². The summed E-state index contributed by atoms with van der Waals surface area (Å²) in [6.45, 7) is 19.6. The van der Waals surface area contributed by atoms with Gasteiger partial charge >= 0.3 is 5.63 Å². The van der Waals surface area contributed by atoms with Crippen molar-refractivity contribution in [1.82, 2.24) is 4.57 Å². The standard InChI is InChI=1S/C53H50N2O2S2/c1-9-54(10-2)40-22-15-37-31-43(51(56)57-46(37)32-40)47-25-26-48(58-47)49-27-28-50(59-49)55-44-23-16-35(33-11-18-38(19-12-33)52(3,4)5)29-41(44)42-30-36(17-24-45(42)55)34-13-20-39(21-14-34)53(6,7)8/h11-32H,9-10H2,1-8H3. The van der Waals surface area contributed by atoms with Gasteiger partial charge in [-0.1, -0.05) is 102 Å². The summed E-state index contributed by atoms with van der Waals surface area (Å²) < 4.78 is 8.32. The van der Waals surface area contributed by atoms with Crippen molar-refractivity contribution in [3.8, 4) is 47.4 Å². The van der Waals surface area contributed by atoms with Gasteiger partial charge in [-0.15, -0.1) is 22.7 Å². The van der Waals surface area contributed by atoms with Crippen LogP contribution in [-0.4, -0.2) is 17.7 Å². The minimum absolute atomic E-state index is 0.100. The number of aromatic nitrogens is 1. The topological polar surface area (TPSA) is 38.4 Å².